The molecule has 0 saturated heterocycles. The average Bonchev–Trinajstić information content (AvgIpc) is 3.48. The smallest absolute Gasteiger partial charge is 0.307 e. The van der Waals surface area contributed by atoms with Gasteiger partial charge >= 0.3 is 5.97 Å². The molecule has 0 aromatic heterocycles. The molecule has 5 aromatic rings. The summed E-state index contributed by atoms with van der Waals surface area (Å²) in [6, 6.07) is 46.7. The van der Waals surface area contributed by atoms with Crippen LogP contribution in [0.2, 0.25) is 5.02 Å². The minimum Gasteiger partial charge on any atom is -0.466 e. The lowest BCUT2D eigenvalue weighted by Gasteiger charge is -2.36. The van der Waals surface area contributed by atoms with Crippen molar-refractivity contribution >= 4 is 28.7 Å². The van der Waals surface area contributed by atoms with Crippen molar-refractivity contribution in [3.63, 3.8) is 0 Å². The minimum atomic E-state index is -0.813. The topological polar surface area (TPSA) is 26.3 Å². The number of halogens is 1. The number of benzene rings is 5. The Labute approximate surface area is 295 Å². The zero-order chi connectivity index (χ0) is 34.3. The van der Waals surface area contributed by atoms with Gasteiger partial charge in [0, 0.05) is 10.4 Å². The molecule has 0 N–H and O–H groups in total. The van der Waals surface area contributed by atoms with Gasteiger partial charge in [-0.05, 0) is 99.7 Å². The standard InChI is InChI=1S/C46H41ClO2/c1-6-49-38(48)29-46-37-24-16-23-36(31-25-27-35(47)28-26-31)41(37)40(34-21-14-9-15-22-34)43(46)42(30(2)3)45(4,5)44(46)39(32-17-10-7-11-18-32)33-19-12-8-13-20-33/h7-28H,6,29H2,1-5H3. The molecule has 0 aliphatic heterocycles. The van der Waals surface area contributed by atoms with E-state index in [4.69, 9.17) is 16.3 Å². The van der Waals surface area contributed by atoms with Gasteiger partial charge in [0.15, 0.2) is 0 Å². The van der Waals surface area contributed by atoms with E-state index in [0.717, 1.165) is 44.5 Å². The molecule has 2 aliphatic carbocycles. The van der Waals surface area contributed by atoms with Crippen LogP contribution in [0.3, 0.4) is 0 Å². The van der Waals surface area contributed by atoms with Gasteiger partial charge < -0.3 is 4.74 Å². The highest BCUT2D eigenvalue weighted by molar-refractivity contribution is 6.30. The SMILES string of the molecule is CCOC(=O)CC12C(=C(c3ccccc3)c3c(-c4ccc(Cl)cc4)cccc31)C(=C(C)C)C(C)(C)C2=C(c1ccccc1)c1ccccc1. The highest BCUT2D eigenvalue weighted by Gasteiger charge is 2.62. The van der Waals surface area contributed by atoms with Crippen molar-refractivity contribution in [3.05, 3.63) is 189 Å². The van der Waals surface area contributed by atoms with Gasteiger partial charge in [-0.2, -0.15) is 0 Å². The molecule has 3 heteroatoms. The number of carbonyl (C=O) groups excluding carboxylic acids is 1. The van der Waals surface area contributed by atoms with Crippen molar-refractivity contribution < 1.29 is 9.53 Å². The molecule has 49 heavy (non-hydrogen) atoms. The fraction of sp³-hybridized carbons (Fsp3) is 0.196. The van der Waals surface area contributed by atoms with Gasteiger partial charge in [0.1, 0.15) is 0 Å². The summed E-state index contributed by atoms with van der Waals surface area (Å²) in [6.45, 7) is 11.3. The fourth-order valence-electron chi connectivity index (χ4n) is 8.75. The van der Waals surface area contributed by atoms with Gasteiger partial charge in [-0.15, -0.1) is 0 Å². The number of esters is 1. The van der Waals surface area contributed by atoms with Gasteiger partial charge in [0.2, 0.25) is 0 Å². The predicted octanol–water partition coefficient (Wildman–Crippen LogP) is 11.9. The Kier molecular flexibility index (Phi) is 8.55. The molecular weight excluding hydrogens is 620 g/mol. The molecule has 1 saturated carbocycles. The number of hydrogen-bond acceptors (Lipinski definition) is 2. The zero-order valence-electron chi connectivity index (χ0n) is 28.8. The molecule has 7 rings (SSSR count). The van der Waals surface area contributed by atoms with E-state index < -0.39 is 10.8 Å². The van der Waals surface area contributed by atoms with Crippen LogP contribution in [0.5, 0.6) is 0 Å². The fourth-order valence-corrected chi connectivity index (χ4v) is 8.88. The van der Waals surface area contributed by atoms with Gasteiger partial charge in [-0.3, -0.25) is 4.79 Å². The normalized spacial score (nSPS) is 17.5. The summed E-state index contributed by atoms with van der Waals surface area (Å²) in [4.78, 5) is 14.2. The maximum Gasteiger partial charge on any atom is 0.307 e. The highest BCUT2D eigenvalue weighted by atomic mass is 35.5. The van der Waals surface area contributed by atoms with E-state index in [0.29, 0.717) is 11.6 Å². The molecule has 0 radical (unpaired) electrons. The Bertz CT molecular complexity index is 2090. The molecule has 1 unspecified atom stereocenters. The summed E-state index contributed by atoms with van der Waals surface area (Å²) in [5.41, 5.74) is 13.8. The Morgan fingerprint density at radius 3 is 1.82 bits per heavy atom. The zero-order valence-corrected chi connectivity index (χ0v) is 29.6. The van der Waals surface area contributed by atoms with Crippen LogP contribution in [-0.2, 0) is 14.9 Å². The van der Waals surface area contributed by atoms with Crippen LogP contribution in [0.15, 0.2) is 156 Å². The third kappa shape index (κ3) is 5.30. The van der Waals surface area contributed by atoms with Gasteiger partial charge in [-0.1, -0.05) is 152 Å². The van der Waals surface area contributed by atoms with Crippen LogP contribution < -0.4 is 0 Å². The number of ether oxygens (including phenoxy) is 1. The lowest BCUT2D eigenvalue weighted by atomic mass is 9.65. The van der Waals surface area contributed by atoms with E-state index in [1.165, 1.54) is 27.9 Å². The van der Waals surface area contributed by atoms with Gasteiger partial charge in [0.25, 0.3) is 0 Å². The summed E-state index contributed by atoms with van der Waals surface area (Å²) >= 11 is 6.41. The van der Waals surface area contributed by atoms with Crippen LogP contribution in [0.4, 0.5) is 0 Å². The lowest BCUT2D eigenvalue weighted by Crippen LogP contribution is -2.33. The van der Waals surface area contributed by atoms with E-state index in [9.17, 15) is 4.79 Å². The number of rotatable bonds is 7. The maximum atomic E-state index is 14.2. The van der Waals surface area contributed by atoms with Crippen molar-refractivity contribution in [1.29, 1.82) is 0 Å². The first kappa shape index (κ1) is 32.6. The second kappa shape index (κ2) is 12.8. The molecule has 2 aliphatic rings. The van der Waals surface area contributed by atoms with Crippen molar-refractivity contribution in [2.75, 3.05) is 6.61 Å². The first-order valence-electron chi connectivity index (χ1n) is 17.1. The number of carbonyl (C=O) groups is 1. The van der Waals surface area contributed by atoms with E-state index in [1.54, 1.807) is 0 Å². The molecule has 0 amide bonds. The van der Waals surface area contributed by atoms with Crippen LogP contribution in [-0.4, -0.2) is 12.6 Å². The number of fused-ring (bicyclic) bond motifs is 3. The molecule has 1 fully saturated rings. The Morgan fingerprint density at radius 1 is 0.694 bits per heavy atom. The van der Waals surface area contributed by atoms with E-state index in [-0.39, 0.29) is 12.4 Å². The van der Waals surface area contributed by atoms with Crippen molar-refractivity contribution in [2.24, 2.45) is 5.41 Å². The van der Waals surface area contributed by atoms with E-state index >= 15 is 0 Å². The summed E-state index contributed by atoms with van der Waals surface area (Å²) < 4.78 is 5.88. The van der Waals surface area contributed by atoms with Gasteiger partial charge in [0.05, 0.1) is 18.4 Å². The van der Waals surface area contributed by atoms with Crippen molar-refractivity contribution in [2.45, 2.75) is 46.5 Å². The number of hydrogen-bond donors (Lipinski definition) is 0. The minimum absolute atomic E-state index is 0.183. The van der Waals surface area contributed by atoms with Crippen LogP contribution in [0, 0.1) is 5.41 Å². The first-order valence-corrected chi connectivity index (χ1v) is 17.5. The summed E-state index contributed by atoms with van der Waals surface area (Å²) in [5.74, 6) is -0.207. The molecule has 0 bridgehead atoms. The van der Waals surface area contributed by atoms with Gasteiger partial charge in [-0.25, -0.2) is 0 Å². The molecule has 1 atom stereocenters. The van der Waals surface area contributed by atoms with Crippen LogP contribution in [0.1, 0.15) is 68.9 Å². The summed E-state index contributed by atoms with van der Waals surface area (Å²) in [5, 5.41) is 0.697. The molecule has 0 heterocycles. The third-order valence-corrected chi connectivity index (χ3v) is 10.4. The third-order valence-electron chi connectivity index (χ3n) is 10.2. The summed E-state index contributed by atoms with van der Waals surface area (Å²) in [7, 11) is 0. The molecule has 2 nitrogen and oxygen atoms in total. The van der Waals surface area contributed by atoms with E-state index in [2.05, 4.69) is 149 Å². The maximum absolute atomic E-state index is 14.2. The first-order chi connectivity index (χ1) is 23.7. The second-order valence-corrected chi connectivity index (χ2v) is 14.2. The van der Waals surface area contributed by atoms with Crippen molar-refractivity contribution in [1.82, 2.24) is 0 Å². The monoisotopic (exact) mass is 660 g/mol. The Morgan fingerprint density at radius 2 is 1.27 bits per heavy atom. The quantitative estimate of drug-likeness (QED) is 0.162. The molecular formula is C46H41ClO2. The average molecular weight is 661 g/mol. The largest absolute Gasteiger partial charge is 0.466 e. The summed E-state index contributed by atoms with van der Waals surface area (Å²) in [6.07, 6.45) is 0.183. The molecule has 244 valence electrons. The van der Waals surface area contributed by atoms with Crippen molar-refractivity contribution in [3.8, 4) is 11.1 Å². The predicted molar refractivity (Wildman–Crippen MR) is 203 cm³/mol. The Hall–Kier alpha value is -4.92. The van der Waals surface area contributed by atoms with Crippen LogP contribution in [0.25, 0.3) is 22.3 Å². The van der Waals surface area contributed by atoms with E-state index in [1.807, 2.05) is 19.1 Å². The van der Waals surface area contributed by atoms with Crippen LogP contribution >= 0.6 is 11.6 Å². The molecule has 5 aromatic carbocycles. The Balaban J connectivity index is 1.75. The highest BCUT2D eigenvalue weighted by Crippen LogP contribution is 2.71. The second-order valence-electron chi connectivity index (χ2n) is 13.7. The molecule has 0 spiro atoms. The lowest BCUT2D eigenvalue weighted by molar-refractivity contribution is -0.144. The number of allylic oxidation sites excluding steroid dienone is 4.